The fourth-order valence-electron chi connectivity index (χ4n) is 7.45. The van der Waals surface area contributed by atoms with Crippen LogP contribution in [-0.4, -0.2) is 80.4 Å². The number of ether oxygens (including phenoxy) is 4. The highest BCUT2D eigenvalue weighted by Crippen LogP contribution is 2.55. The SMILES string of the molecule is COc1ccc(C(OC[C@H]2O[C@@H](n3cc(C)c(=O)[nH]c3=O)C[C@]2(CO[Si](C)(C)C(C)(C)C)OP(OCCC#N)N(C(C)C)C(C)C)(c2ccccc2)c2ccc(OC)cc2)cc1. The summed E-state index contributed by atoms with van der Waals surface area (Å²) in [5.41, 5.74) is -0.720. The van der Waals surface area contributed by atoms with Crippen molar-refractivity contribution in [1.29, 1.82) is 5.26 Å². The average molecular weight is 889 g/mol. The number of benzene rings is 3. The molecular formula is C47H65N4O9PSi. The van der Waals surface area contributed by atoms with Crippen molar-refractivity contribution in [3.63, 3.8) is 0 Å². The van der Waals surface area contributed by atoms with E-state index in [0.29, 0.717) is 17.1 Å². The molecule has 0 radical (unpaired) electrons. The van der Waals surface area contributed by atoms with Gasteiger partial charge in [0, 0.05) is 30.3 Å². The predicted molar refractivity (Wildman–Crippen MR) is 245 cm³/mol. The maximum atomic E-state index is 13.7. The molecule has 1 unspecified atom stereocenters. The minimum atomic E-state index is -2.47. The van der Waals surface area contributed by atoms with Gasteiger partial charge < -0.3 is 32.4 Å². The number of nitrogens with zero attached hydrogens (tertiary/aromatic N) is 3. The lowest BCUT2D eigenvalue weighted by Crippen LogP contribution is -2.53. The van der Waals surface area contributed by atoms with Crippen molar-refractivity contribution in [1.82, 2.24) is 14.2 Å². The van der Waals surface area contributed by atoms with Gasteiger partial charge in [-0.05, 0) is 93.7 Å². The summed E-state index contributed by atoms with van der Waals surface area (Å²) >= 11 is 0. The summed E-state index contributed by atoms with van der Waals surface area (Å²) in [4.78, 5) is 28.8. The first-order chi connectivity index (χ1) is 29.3. The number of nitrogens with one attached hydrogen (secondary N) is 1. The number of aromatic nitrogens is 2. The van der Waals surface area contributed by atoms with Gasteiger partial charge in [-0.3, -0.25) is 14.3 Å². The van der Waals surface area contributed by atoms with Gasteiger partial charge in [0.1, 0.15) is 35.0 Å². The summed E-state index contributed by atoms with van der Waals surface area (Å²) in [6.45, 7) is 21.1. The lowest BCUT2D eigenvalue weighted by Gasteiger charge is -2.45. The molecule has 1 aliphatic heterocycles. The van der Waals surface area contributed by atoms with E-state index in [2.05, 4.69) is 77.3 Å². The Hall–Kier alpha value is -4.16. The van der Waals surface area contributed by atoms with Crippen LogP contribution in [0.4, 0.5) is 0 Å². The van der Waals surface area contributed by atoms with Crippen molar-refractivity contribution in [3.05, 3.63) is 128 Å². The second-order valence-electron chi connectivity index (χ2n) is 17.8. The van der Waals surface area contributed by atoms with E-state index >= 15 is 0 Å². The molecule has 13 nitrogen and oxygen atoms in total. The molecule has 0 amide bonds. The van der Waals surface area contributed by atoms with Crippen molar-refractivity contribution < 1.29 is 32.4 Å². The molecule has 0 spiro atoms. The zero-order chi connectivity index (χ0) is 45.5. The number of aryl methyl sites for hydroxylation is 1. The smallest absolute Gasteiger partial charge is 0.330 e. The summed E-state index contributed by atoms with van der Waals surface area (Å²) < 4.78 is 50.5. The van der Waals surface area contributed by atoms with E-state index in [1.54, 1.807) is 21.1 Å². The Balaban J connectivity index is 1.76. The molecule has 336 valence electrons. The average Bonchev–Trinajstić information content (AvgIpc) is 3.59. The Labute approximate surface area is 369 Å². The van der Waals surface area contributed by atoms with E-state index in [-0.39, 0.29) is 49.8 Å². The third-order valence-electron chi connectivity index (χ3n) is 11.9. The van der Waals surface area contributed by atoms with Crippen molar-refractivity contribution in [2.45, 2.75) is 122 Å². The molecule has 1 aromatic heterocycles. The molecule has 1 aliphatic rings. The molecular weight excluding hydrogens is 824 g/mol. The van der Waals surface area contributed by atoms with Gasteiger partial charge in [0.05, 0.1) is 46.5 Å². The lowest BCUT2D eigenvalue weighted by atomic mass is 9.79. The van der Waals surface area contributed by atoms with Crippen LogP contribution >= 0.6 is 8.53 Å². The third kappa shape index (κ3) is 10.8. The molecule has 5 rings (SSSR count). The van der Waals surface area contributed by atoms with Gasteiger partial charge in [-0.15, -0.1) is 0 Å². The molecule has 0 aliphatic carbocycles. The van der Waals surface area contributed by atoms with Crippen LogP contribution in [0.5, 0.6) is 11.5 Å². The Morgan fingerprint density at radius 3 is 1.97 bits per heavy atom. The summed E-state index contributed by atoms with van der Waals surface area (Å²) in [7, 11) is -1.07. The van der Waals surface area contributed by atoms with E-state index < -0.39 is 51.6 Å². The maximum absolute atomic E-state index is 13.7. The van der Waals surface area contributed by atoms with Crippen LogP contribution in [0.15, 0.2) is 94.6 Å². The van der Waals surface area contributed by atoms with Crippen LogP contribution in [0.1, 0.15) is 89.8 Å². The fourth-order valence-corrected chi connectivity index (χ4v) is 10.3. The minimum Gasteiger partial charge on any atom is -0.497 e. The topological polar surface area (TPSA) is 147 Å². The molecule has 4 aromatic rings. The van der Waals surface area contributed by atoms with Gasteiger partial charge in [-0.1, -0.05) is 75.4 Å². The molecule has 1 fully saturated rings. The monoisotopic (exact) mass is 888 g/mol. The van der Waals surface area contributed by atoms with E-state index in [4.69, 9.17) is 32.4 Å². The summed E-state index contributed by atoms with van der Waals surface area (Å²) in [5.74, 6) is 1.38. The van der Waals surface area contributed by atoms with Crippen molar-refractivity contribution in [3.8, 4) is 17.6 Å². The van der Waals surface area contributed by atoms with Gasteiger partial charge >= 0.3 is 5.69 Å². The number of hydrogen-bond acceptors (Lipinski definition) is 11. The number of nitriles is 1. The Kier molecular flexibility index (Phi) is 16.2. The van der Waals surface area contributed by atoms with Crippen LogP contribution in [0, 0.1) is 18.3 Å². The van der Waals surface area contributed by atoms with Gasteiger partial charge in [0.15, 0.2) is 8.32 Å². The first-order valence-electron chi connectivity index (χ1n) is 21.2. The molecule has 2 heterocycles. The maximum Gasteiger partial charge on any atom is 0.330 e. The van der Waals surface area contributed by atoms with Crippen LogP contribution in [0.2, 0.25) is 18.1 Å². The van der Waals surface area contributed by atoms with E-state index in [1.165, 1.54) is 10.8 Å². The highest BCUT2D eigenvalue weighted by Gasteiger charge is 2.56. The van der Waals surface area contributed by atoms with Gasteiger partial charge in [0.2, 0.25) is 0 Å². The van der Waals surface area contributed by atoms with Crippen LogP contribution < -0.4 is 20.7 Å². The Bertz CT molecular complexity index is 2160. The quantitative estimate of drug-likeness (QED) is 0.0392. The minimum absolute atomic E-state index is 0.00489. The zero-order valence-corrected chi connectivity index (χ0v) is 40.3. The molecule has 1 N–H and O–H groups in total. The molecule has 1 saturated heterocycles. The number of aromatic amines is 1. The summed E-state index contributed by atoms with van der Waals surface area (Å²) in [5, 5.41) is 9.42. The number of hydrogen-bond donors (Lipinski definition) is 1. The van der Waals surface area contributed by atoms with Crippen molar-refractivity contribution in [2.75, 3.05) is 34.0 Å². The largest absolute Gasteiger partial charge is 0.497 e. The number of methoxy groups -OCH3 is 2. The molecule has 0 saturated carbocycles. The third-order valence-corrected chi connectivity index (χ3v) is 18.6. The van der Waals surface area contributed by atoms with Crippen LogP contribution in [0.3, 0.4) is 0 Å². The predicted octanol–water partition coefficient (Wildman–Crippen LogP) is 9.21. The highest BCUT2D eigenvalue weighted by atomic mass is 31.2. The molecule has 62 heavy (non-hydrogen) atoms. The first kappa shape index (κ1) is 48.9. The first-order valence-corrected chi connectivity index (χ1v) is 25.2. The zero-order valence-electron chi connectivity index (χ0n) is 38.4. The lowest BCUT2D eigenvalue weighted by molar-refractivity contribution is -0.124. The van der Waals surface area contributed by atoms with E-state index in [0.717, 1.165) is 16.7 Å². The van der Waals surface area contributed by atoms with Gasteiger partial charge in [-0.2, -0.15) is 5.26 Å². The number of rotatable bonds is 20. The van der Waals surface area contributed by atoms with Crippen molar-refractivity contribution >= 4 is 16.8 Å². The van der Waals surface area contributed by atoms with Crippen LogP contribution in [0.25, 0.3) is 0 Å². The standard InChI is InChI=1S/C47H65N4O9PSi/c1-33(2)51(34(3)4)61(57-28-16-27-48)60-46(32-58-62(11,12)45(6,7)8)29-42(50-30-35(5)43(52)49-44(50)53)59-41(46)31-56-47(36-17-14-13-15-18-36,37-19-23-39(54-9)24-20-37)38-21-25-40(55-10)26-22-38/h13-15,17-26,30,33-34,41-42H,16,28-29,31-32H2,1-12H3,(H,49,52,53)/t41-,42-,46-,61?/m1/s1. The highest BCUT2D eigenvalue weighted by molar-refractivity contribution is 7.44. The van der Waals surface area contributed by atoms with Gasteiger partial charge in [0.25, 0.3) is 14.1 Å². The van der Waals surface area contributed by atoms with E-state index in [1.807, 2.05) is 78.9 Å². The normalized spacial score (nSPS) is 18.9. The van der Waals surface area contributed by atoms with Gasteiger partial charge in [-0.25, -0.2) is 9.46 Å². The van der Waals surface area contributed by atoms with Crippen molar-refractivity contribution in [2.24, 2.45) is 0 Å². The molecule has 15 heteroatoms. The summed E-state index contributed by atoms with van der Waals surface area (Å²) in [6, 6.07) is 27.8. The van der Waals surface area contributed by atoms with E-state index in [9.17, 15) is 14.9 Å². The summed E-state index contributed by atoms with van der Waals surface area (Å²) in [6.07, 6.45) is 0.0699. The Morgan fingerprint density at radius 1 is 0.919 bits per heavy atom. The number of H-pyrrole nitrogens is 1. The Morgan fingerprint density at radius 2 is 1.47 bits per heavy atom. The van der Waals surface area contributed by atoms with Crippen LogP contribution in [-0.2, 0) is 28.5 Å². The second kappa shape index (κ2) is 20.6. The fraction of sp³-hybridized carbons (Fsp3) is 0.511. The molecule has 4 atom stereocenters. The molecule has 0 bridgehead atoms. The second-order valence-corrected chi connectivity index (χ2v) is 24.0. The molecule has 3 aromatic carbocycles.